The smallest absolute Gasteiger partial charge is 0.300 e. The molecule has 0 radical (unpaired) electrons. The second kappa shape index (κ2) is 9.87. The van der Waals surface area contributed by atoms with Crippen LogP contribution in [-0.4, -0.2) is 23.9 Å². The van der Waals surface area contributed by atoms with Crippen molar-refractivity contribution in [1.82, 2.24) is 0 Å². The lowest BCUT2D eigenvalue weighted by atomic mass is 10.6. The fraction of sp³-hybridized carbons (Fsp3) is 0.375. The number of carboxylic acids is 1. The molecule has 0 saturated heterocycles. The van der Waals surface area contributed by atoms with Crippen LogP contribution in [0.1, 0.15) is 6.92 Å². The van der Waals surface area contributed by atoms with E-state index in [0.717, 1.165) is 6.92 Å². The molecule has 0 amide bonds. The summed E-state index contributed by atoms with van der Waals surface area (Å²) in [7, 11) is 0. The number of hydrogen-bond acceptors (Lipinski definition) is 3. The van der Waals surface area contributed by atoms with Gasteiger partial charge in [0.05, 0.1) is 6.61 Å². The van der Waals surface area contributed by atoms with Crippen LogP contribution in [0.15, 0.2) is 25.3 Å². The molecule has 0 aliphatic rings. The first-order valence-corrected chi connectivity index (χ1v) is 3.34. The van der Waals surface area contributed by atoms with Crippen molar-refractivity contribution < 1.29 is 14.6 Å². The normalized spacial score (nSPS) is 10.5. The van der Waals surface area contributed by atoms with Crippen molar-refractivity contribution in [2.75, 3.05) is 6.61 Å². The van der Waals surface area contributed by atoms with Gasteiger partial charge in [-0.3, -0.25) is 4.79 Å². The molecule has 0 rings (SSSR count). The largest absolute Gasteiger partial charge is 0.481 e. The quantitative estimate of drug-likeness (QED) is 0.486. The van der Waals surface area contributed by atoms with Crippen molar-refractivity contribution in [2.45, 2.75) is 13.2 Å². The first-order valence-electron chi connectivity index (χ1n) is 3.34. The summed E-state index contributed by atoms with van der Waals surface area (Å²) in [5, 5.41) is 7.42. The van der Waals surface area contributed by atoms with Crippen LogP contribution in [0.3, 0.4) is 0 Å². The molecule has 70 valence electrons. The van der Waals surface area contributed by atoms with Crippen LogP contribution < -0.4 is 5.73 Å². The molecular formula is C8H15NO3. The summed E-state index contributed by atoms with van der Waals surface area (Å²) >= 11 is 0. The van der Waals surface area contributed by atoms with Crippen LogP contribution in [0.25, 0.3) is 0 Å². The van der Waals surface area contributed by atoms with Crippen molar-refractivity contribution in [3.8, 4) is 0 Å². The molecule has 0 aliphatic heterocycles. The third kappa shape index (κ3) is 23.2. The second-order valence-electron chi connectivity index (χ2n) is 1.84. The Kier molecular flexibility index (Phi) is 11.1. The van der Waals surface area contributed by atoms with Gasteiger partial charge in [0.2, 0.25) is 0 Å². The van der Waals surface area contributed by atoms with Crippen LogP contribution in [0.2, 0.25) is 0 Å². The minimum absolute atomic E-state index is 0.354. The molecule has 3 N–H and O–H groups in total. The zero-order valence-electron chi connectivity index (χ0n) is 7.19. The van der Waals surface area contributed by atoms with Gasteiger partial charge in [0.15, 0.2) is 0 Å². The van der Waals surface area contributed by atoms with Crippen molar-refractivity contribution >= 4 is 5.97 Å². The third-order valence-electron chi connectivity index (χ3n) is 0.639. The Balaban J connectivity index is 0. The third-order valence-corrected chi connectivity index (χ3v) is 0.639. The Morgan fingerprint density at radius 2 is 2.17 bits per heavy atom. The SMILES string of the molecule is C=CCOC(N)C=C.CC(=O)O. The molecular weight excluding hydrogens is 158 g/mol. The summed E-state index contributed by atoms with van der Waals surface area (Å²) in [6.07, 6.45) is 2.82. The average Bonchev–Trinajstić information content (AvgIpc) is 1.99. The van der Waals surface area contributed by atoms with Gasteiger partial charge in [-0.2, -0.15) is 0 Å². The second-order valence-corrected chi connectivity index (χ2v) is 1.84. The fourth-order valence-corrected chi connectivity index (χ4v) is 0.247. The van der Waals surface area contributed by atoms with E-state index >= 15 is 0 Å². The maximum Gasteiger partial charge on any atom is 0.300 e. The van der Waals surface area contributed by atoms with Crippen LogP contribution in [-0.2, 0) is 9.53 Å². The van der Waals surface area contributed by atoms with E-state index in [2.05, 4.69) is 13.2 Å². The number of carboxylic acid groups (broad SMARTS) is 1. The number of hydrogen-bond donors (Lipinski definition) is 2. The minimum Gasteiger partial charge on any atom is -0.481 e. The van der Waals surface area contributed by atoms with Crippen LogP contribution in [0.4, 0.5) is 0 Å². The van der Waals surface area contributed by atoms with E-state index < -0.39 is 5.97 Å². The summed E-state index contributed by atoms with van der Waals surface area (Å²) < 4.78 is 4.88. The molecule has 0 saturated carbocycles. The van der Waals surface area contributed by atoms with Gasteiger partial charge in [0.25, 0.3) is 5.97 Å². The van der Waals surface area contributed by atoms with E-state index in [1.54, 1.807) is 6.08 Å². The molecule has 0 spiro atoms. The van der Waals surface area contributed by atoms with Crippen LogP contribution >= 0.6 is 0 Å². The van der Waals surface area contributed by atoms with Gasteiger partial charge in [-0.05, 0) is 6.08 Å². The van der Waals surface area contributed by atoms with Crippen LogP contribution in [0.5, 0.6) is 0 Å². The van der Waals surface area contributed by atoms with Crippen molar-refractivity contribution in [3.63, 3.8) is 0 Å². The monoisotopic (exact) mass is 173 g/mol. The highest BCUT2D eigenvalue weighted by molar-refractivity contribution is 5.62. The first kappa shape index (κ1) is 13.5. The summed E-state index contributed by atoms with van der Waals surface area (Å²) in [6, 6.07) is 0. The summed E-state index contributed by atoms with van der Waals surface area (Å²) in [4.78, 5) is 9.00. The standard InChI is InChI=1S/C6H11NO.C2H4O2/c1-3-5-8-6(7)4-2;1-2(3)4/h3-4,6H,1-2,5,7H2;1H3,(H,3,4). The molecule has 1 atom stereocenters. The lowest BCUT2D eigenvalue weighted by Crippen LogP contribution is -2.20. The van der Waals surface area contributed by atoms with E-state index in [0.29, 0.717) is 6.61 Å². The van der Waals surface area contributed by atoms with E-state index in [1.807, 2.05) is 0 Å². The first-order chi connectivity index (χ1) is 5.54. The number of ether oxygens (including phenoxy) is 1. The Hall–Kier alpha value is -1.13. The predicted octanol–water partition coefficient (Wildman–Crippen LogP) is 0.751. The van der Waals surface area contributed by atoms with Gasteiger partial charge < -0.3 is 15.6 Å². The van der Waals surface area contributed by atoms with E-state index in [-0.39, 0.29) is 6.23 Å². The predicted molar refractivity (Wildman–Crippen MR) is 47.6 cm³/mol. The van der Waals surface area contributed by atoms with Gasteiger partial charge in [0, 0.05) is 6.92 Å². The van der Waals surface area contributed by atoms with E-state index in [1.165, 1.54) is 6.08 Å². The Bertz CT molecular complexity index is 141. The maximum atomic E-state index is 9.00. The van der Waals surface area contributed by atoms with Gasteiger partial charge in [-0.25, -0.2) is 0 Å². The molecule has 1 unspecified atom stereocenters. The summed E-state index contributed by atoms with van der Waals surface area (Å²) in [6.45, 7) is 8.44. The molecule has 0 aliphatic carbocycles. The molecule has 0 heterocycles. The number of carbonyl (C=O) groups is 1. The lowest BCUT2D eigenvalue weighted by molar-refractivity contribution is -0.134. The molecule has 0 aromatic heterocycles. The minimum atomic E-state index is -0.833. The number of aliphatic carboxylic acids is 1. The molecule has 0 fully saturated rings. The van der Waals surface area contributed by atoms with Crippen molar-refractivity contribution in [1.29, 1.82) is 0 Å². The Morgan fingerprint density at radius 3 is 2.42 bits per heavy atom. The average molecular weight is 173 g/mol. The summed E-state index contributed by atoms with van der Waals surface area (Å²) in [5.41, 5.74) is 5.27. The van der Waals surface area contributed by atoms with E-state index in [9.17, 15) is 0 Å². The zero-order chi connectivity index (χ0) is 9.98. The Labute approximate surface area is 72.3 Å². The molecule has 4 heteroatoms. The van der Waals surface area contributed by atoms with Crippen molar-refractivity contribution in [3.05, 3.63) is 25.3 Å². The van der Waals surface area contributed by atoms with Gasteiger partial charge >= 0.3 is 0 Å². The topological polar surface area (TPSA) is 72.5 Å². The highest BCUT2D eigenvalue weighted by Crippen LogP contribution is 1.81. The molecule has 0 aromatic carbocycles. The molecule has 0 aromatic rings. The number of rotatable bonds is 4. The molecule has 0 bridgehead atoms. The van der Waals surface area contributed by atoms with Gasteiger partial charge in [0.1, 0.15) is 6.23 Å². The number of nitrogens with two attached hydrogens (primary N) is 1. The zero-order valence-corrected chi connectivity index (χ0v) is 7.19. The van der Waals surface area contributed by atoms with Gasteiger partial charge in [-0.1, -0.05) is 12.7 Å². The molecule has 12 heavy (non-hydrogen) atoms. The fourth-order valence-electron chi connectivity index (χ4n) is 0.247. The Morgan fingerprint density at radius 1 is 1.75 bits per heavy atom. The highest BCUT2D eigenvalue weighted by Gasteiger charge is 1.89. The lowest BCUT2D eigenvalue weighted by Gasteiger charge is -2.03. The van der Waals surface area contributed by atoms with Crippen LogP contribution in [0, 0.1) is 0 Å². The van der Waals surface area contributed by atoms with Gasteiger partial charge in [-0.15, -0.1) is 6.58 Å². The molecule has 4 nitrogen and oxygen atoms in total. The van der Waals surface area contributed by atoms with E-state index in [4.69, 9.17) is 20.4 Å². The van der Waals surface area contributed by atoms with Crippen molar-refractivity contribution in [2.24, 2.45) is 5.73 Å². The summed E-state index contributed by atoms with van der Waals surface area (Å²) in [5.74, 6) is -0.833. The maximum absolute atomic E-state index is 9.00. The highest BCUT2D eigenvalue weighted by atomic mass is 16.5.